The molecule has 35 heavy (non-hydrogen) atoms. The van der Waals surface area contributed by atoms with Gasteiger partial charge in [-0.2, -0.15) is 9.61 Å². The predicted octanol–water partition coefficient (Wildman–Crippen LogP) is 3.71. The average Bonchev–Trinajstić information content (AvgIpc) is 3.38. The predicted molar refractivity (Wildman–Crippen MR) is 130 cm³/mol. The van der Waals surface area contributed by atoms with Gasteiger partial charge in [0.1, 0.15) is 0 Å². The number of aryl methyl sites for hydroxylation is 1. The second-order valence-corrected chi connectivity index (χ2v) is 9.98. The van der Waals surface area contributed by atoms with Crippen LogP contribution >= 0.6 is 0 Å². The van der Waals surface area contributed by atoms with E-state index in [-0.39, 0.29) is 44.2 Å². The number of benzene rings is 1. The number of hydrogen-bond donors (Lipinski definition) is 1. The third-order valence-corrected chi connectivity index (χ3v) is 6.45. The Labute approximate surface area is 218 Å². The molecular formula is C24H30FMoN8O-. The number of nitrogens with two attached hydrogens (primary N) is 1. The summed E-state index contributed by atoms with van der Waals surface area (Å²) in [7, 11) is 1.42. The summed E-state index contributed by atoms with van der Waals surface area (Å²) in [5.41, 5.74) is 8.92. The van der Waals surface area contributed by atoms with E-state index in [0.29, 0.717) is 28.3 Å². The van der Waals surface area contributed by atoms with Gasteiger partial charge in [-0.05, 0) is 25.3 Å². The number of hydrogen-bond acceptors (Lipinski definition) is 7. The number of ether oxygens (including phenoxy) is 1. The summed E-state index contributed by atoms with van der Waals surface area (Å²) in [6.07, 6.45) is 3.01. The topological polar surface area (TPSA) is 99.4 Å². The van der Waals surface area contributed by atoms with Gasteiger partial charge in [-0.15, -0.1) is 5.10 Å². The minimum Gasteiger partial charge on any atom is -0.494 e. The summed E-state index contributed by atoms with van der Waals surface area (Å²) in [6, 6.07) is 2.91. The zero-order chi connectivity index (χ0) is 24.4. The number of nitrogen functional groups attached to an aromatic ring is 1. The van der Waals surface area contributed by atoms with Crippen LogP contribution in [0.5, 0.6) is 5.75 Å². The summed E-state index contributed by atoms with van der Waals surface area (Å²) in [6.45, 7) is 14.2. The first-order valence-electron chi connectivity index (χ1n) is 11.4. The Hall–Kier alpha value is -2.74. The molecule has 1 aliphatic rings. The molecule has 2 atom stereocenters. The molecule has 186 valence electrons. The fourth-order valence-corrected chi connectivity index (χ4v) is 4.78. The van der Waals surface area contributed by atoms with Gasteiger partial charge in [0, 0.05) is 57.7 Å². The van der Waals surface area contributed by atoms with Gasteiger partial charge in [-0.3, -0.25) is 4.68 Å². The molecule has 0 bridgehead atoms. The normalized spacial score (nSPS) is 18.8. The molecule has 0 unspecified atom stereocenters. The van der Waals surface area contributed by atoms with Gasteiger partial charge in [0.15, 0.2) is 23.0 Å². The maximum atomic E-state index is 14.5. The van der Waals surface area contributed by atoms with Crippen LogP contribution < -0.4 is 15.4 Å². The van der Waals surface area contributed by atoms with Gasteiger partial charge in [-0.1, -0.05) is 26.3 Å². The maximum absolute atomic E-state index is 14.5. The van der Waals surface area contributed by atoms with Crippen molar-refractivity contribution in [3.8, 4) is 5.75 Å². The van der Waals surface area contributed by atoms with Crippen LogP contribution in [-0.2, 0) is 26.6 Å². The minimum atomic E-state index is -0.480. The molecule has 9 nitrogen and oxygen atoms in total. The molecule has 1 aliphatic heterocycles. The van der Waals surface area contributed by atoms with Crippen molar-refractivity contribution in [3.63, 3.8) is 0 Å². The van der Waals surface area contributed by atoms with E-state index in [0.717, 1.165) is 30.9 Å². The first-order valence-corrected chi connectivity index (χ1v) is 11.4. The van der Waals surface area contributed by atoms with Gasteiger partial charge in [0.2, 0.25) is 5.95 Å². The molecule has 0 spiro atoms. The van der Waals surface area contributed by atoms with Crippen molar-refractivity contribution in [2.45, 2.75) is 45.6 Å². The Kier molecular flexibility index (Phi) is 6.55. The average molecular weight is 561 g/mol. The molecule has 4 heterocycles. The molecular weight excluding hydrogens is 531 g/mol. The van der Waals surface area contributed by atoms with E-state index in [1.54, 1.807) is 0 Å². The summed E-state index contributed by atoms with van der Waals surface area (Å²) in [5.74, 6) is 1.01. The summed E-state index contributed by atoms with van der Waals surface area (Å²) >= 11 is 0. The largest absolute Gasteiger partial charge is 0.494 e. The maximum Gasteiger partial charge on any atom is 0.223 e. The SMILES string of the molecule is [CH2-]C(C)(C)n1cc(N2C[C@@H](C)C[C@H](c3nc4c5cc(F)c(OC)cc5nc(N)n4n3)C2)c(C)n1.[Mo]. The van der Waals surface area contributed by atoms with Crippen molar-refractivity contribution in [2.24, 2.45) is 5.92 Å². The zero-order valence-electron chi connectivity index (χ0n) is 20.6. The van der Waals surface area contributed by atoms with Crippen molar-refractivity contribution in [1.82, 2.24) is 29.4 Å². The van der Waals surface area contributed by atoms with Crippen LogP contribution in [-0.4, -0.2) is 49.6 Å². The van der Waals surface area contributed by atoms with Crippen molar-refractivity contribution in [1.29, 1.82) is 0 Å². The molecule has 0 radical (unpaired) electrons. The summed E-state index contributed by atoms with van der Waals surface area (Å²) in [5, 5.41) is 9.93. The Morgan fingerprint density at radius 2 is 1.94 bits per heavy atom. The van der Waals surface area contributed by atoms with Gasteiger partial charge >= 0.3 is 0 Å². The number of aromatic nitrogens is 6. The molecule has 1 aromatic carbocycles. The molecule has 1 saturated heterocycles. The molecule has 1 fully saturated rings. The Morgan fingerprint density at radius 1 is 1.20 bits per heavy atom. The molecule has 5 rings (SSSR count). The smallest absolute Gasteiger partial charge is 0.223 e. The molecule has 4 aromatic rings. The van der Waals surface area contributed by atoms with E-state index >= 15 is 0 Å². The molecule has 0 aliphatic carbocycles. The monoisotopic (exact) mass is 563 g/mol. The van der Waals surface area contributed by atoms with E-state index < -0.39 is 5.82 Å². The first kappa shape index (κ1) is 25.4. The summed E-state index contributed by atoms with van der Waals surface area (Å²) in [4.78, 5) is 11.6. The number of piperidine rings is 1. The van der Waals surface area contributed by atoms with E-state index in [1.807, 2.05) is 25.5 Å². The quantitative estimate of drug-likeness (QED) is 0.300. The summed E-state index contributed by atoms with van der Waals surface area (Å²) < 4.78 is 23.0. The van der Waals surface area contributed by atoms with Crippen LogP contribution in [0.4, 0.5) is 16.0 Å². The van der Waals surface area contributed by atoms with E-state index in [1.165, 1.54) is 23.8 Å². The number of rotatable bonds is 4. The van der Waals surface area contributed by atoms with Crippen molar-refractivity contribution in [2.75, 3.05) is 30.8 Å². The Balaban J connectivity index is 0.00000289. The van der Waals surface area contributed by atoms with Crippen LogP contribution in [0.3, 0.4) is 0 Å². The molecule has 0 amide bonds. The Morgan fingerprint density at radius 3 is 2.60 bits per heavy atom. The van der Waals surface area contributed by atoms with Crippen LogP contribution in [0, 0.1) is 25.6 Å². The van der Waals surface area contributed by atoms with Gasteiger partial charge in [-0.25, -0.2) is 14.4 Å². The number of nitrogens with zero attached hydrogens (tertiary/aromatic N) is 7. The molecule has 11 heteroatoms. The third kappa shape index (κ3) is 4.48. The van der Waals surface area contributed by atoms with E-state index in [9.17, 15) is 4.39 Å². The van der Waals surface area contributed by atoms with E-state index in [2.05, 4.69) is 35.0 Å². The Bertz CT molecular complexity index is 1390. The van der Waals surface area contributed by atoms with Crippen molar-refractivity contribution >= 4 is 28.2 Å². The van der Waals surface area contributed by atoms with Gasteiger partial charge in [0.25, 0.3) is 0 Å². The number of halogens is 1. The van der Waals surface area contributed by atoms with Crippen LogP contribution in [0.15, 0.2) is 18.3 Å². The van der Waals surface area contributed by atoms with Gasteiger partial charge < -0.3 is 22.3 Å². The first-order chi connectivity index (χ1) is 16.0. The molecule has 2 N–H and O–H groups in total. The minimum absolute atomic E-state index is 0. The standard InChI is InChI=1S/C24H30FN8O.Mo/c1-13-7-15(11-31(10-13)19-12-32(24(3,4)5)29-14(19)2)21-28-22-16-8-17(25)20(34-6)9-18(16)27-23(26)33(22)30-21;/h8-9,12-13,15H,3,7,10-11H2,1-2,4-6H3,(H2,26,27);/q-1;/t13-,15-;/m0./s1. The fraction of sp³-hybridized carbons (Fsp3) is 0.458. The molecule has 3 aromatic heterocycles. The zero-order valence-corrected chi connectivity index (χ0v) is 22.6. The number of methoxy groups -OCH3 is 1. The van der Waals surface area contributed by atoms with Gasteiger partial charge in [0.05, 0.1) is 24.0 Å². The van der Waals surface area contributed by atoms with E-state index in [4.69, 9.17) is 20.6 Å². The van der Waals surface area contributed by atoms with Crippen LogP contribution in [0.25, 0.3) is 16.6 Å². The second-order valence-electron chi connectivity index (χ2n) is 9.98. The molecule has 0 saturated carbocycles. The fourth-order valence-electron chi connectivity index (χ4n) is 4.78. The van der Waals surface area contributed by atoms with Crippen LogP contribution in [0.2, 0.25) is 0 Å². The van der Waals surface area contributed by atoms with Crippen LogP contribution in [0.1, 0.15) is 44.6 Å². The second kappa shape index (κ2) is 9.04. The van der Waals surface area contributed by atoms with Crippen molar-refractivity contribution in [3.05, 3.63) is 42.6 Å². The number of anilines is 2. The third-order valence-electron chi connectivity index (χ3n) is 6.45. The van der Waals surface area contributed by atoms with Crippen molar-refractivity contribution < 1.29 is 30.2 Å². The number of fused-ring (bicyclic) bond motifs is 3.